The lowest BCUT2D eigenvalue weighted by Gasteiger charge is -2.04. The number of carbonyl (C=O) groups excluding carboxylic acids is 2. The lowest BCUT2D eigenvalue weighted by atomic mass is 10.5. The van der Waals surface area contributed by atoms with Gasteiger partial charge in [-0.1, -0.05) is 0 Å². The predicted octanol–water partition coefficient (Wildman–Crippen LogP) is 0.705. The number of thioether (sulfide) groups is 1. The van der Waals surface area contributed by atoms with Gasteiger partial charge in [0.1, 0.15) is 0 Å². The molecule has 1 heterocycles. The van der Waals surface area contributed by atoms with Crippen molar-refractivity contribution in [3.63, 3.8) is 0 Å². The molecule has 0 amide bonds. The van der Waals surface area contributed by atoms with E-state index in [4.69, 9.17) is 4.74 Å². The van der Waals surface area contributed by atoms with Crippen molar-refractivity contribution in [3.05, 3.63) is 12.2 Å². The molecule has 1 rings (SSSR count). The Balaban J connectivity index is 2.40. The van der Waals surface area contributed by atoms with E-state index in [0.717, 1.165) is 11.8 Å². The minimum atomic E-state index is -0.398. The van der Waals surface area contributed by atoms with Gasteiger partial charge < -0.3 is 4.74 Å². The second-order valence-corrected chi connectivity index (χ2v) is 2.88. The maximum Gasteiger partial charge on any atom is 0.304 e. The van der Waals surface area contributed by atoms with Crippen molar-refractivity contribution in [2.75, 3.05) is 0 Å². The fourth-order valence-electron chi connectivity index (χ4n) is 0.577. The topological polar surface area (TPSA) is 43.4 Å². The summed E-state index contributed by atoms with van der Waals surface area (Å²) in [6.45, 7) is 1.32. The third kappa shape index (κ3) is 1.88. The van der Waals surface area contributed by atoms with E-state index in [-0.39, 0.29) is 11.1 Å². The van der Waals surface area contributed by atoms with Crippen LogP contribution in [0.5, 0.6) is 0 Å². The molecule has 54 valence electrons. The van der Waals surface area contributed by atoms with Crippen LogP contribution < -0.4 is 0 Å². The van der Waals surface area contributed by atoms with Gasteiger partial charge in [-0.05, 0) is 23.9 Å². The van der Waals surface area contributed by atoms with Crippen LogP contribution in [-0.4, -0.2) is 16.5 Å². The van der Waals surface area contributed by atoms with Crippen molar-refractivity contribution in [2.24, 2.45) is 0 Å². The summed E-state index contributed by atoms with van der Waals surface area (Å²) in [5, 5.41) is -0.0637. The van der Waals surface area contributed by atoms with Gasteiger partial charge in [-0.3, -0.25) is 9.59 Å². The van der Waals surface area contributed by atoms with Gasteiger partial charge in [0.25, 0.3) is 0 Å². The van der Waals surface area contributed by atoms with E-state index in [2.05, 4.69) is 0 Å². The zero-order chi connectivity index (χ0) is 7.56. The van der Waals surface area contributed by atoms with E-state index in [1.165, 1.54) is 13.0 Å². The molecule has 10 heavy (non-hydrogen) atoms. The minimum Gasteiger partial charge on any atom is -0.447 e. The van der Waals surface area contributed by atoms with Crippen LogP contribution in [0.1, 0.15) is 6.92 Å². The molecule has 0 aliphatic carbocycles. The molecule has 0 radical (unpaired) electrons. The summed E-state index contributed by atoms with van der Waals surface area (Å²) in [6.07, 6.45) is 2.96. The Morgan fingerprint density at radius 1 is 1.80 bits per heavy atom. The van der Waals surface area contributed by atoms with Crippen molar-refractivity contribution in [3.8, 4) is 0 Å². The first-order valence-corrected chi connectivity index (χ1v) is 3.62. The monoisotopic (exact) mass is 158 g/mol. The SMILES string of the molecule is CC(=O)OC1C=CC(=O)S1. The van der Waals surface area contributed by atoms with Crippen LogP contribution in [0.15, 0.2) is 12.2 Å². The Hall–Kier alpha value is -0.770. The number of carbonyl (C=O) groups is 2. The average Bonchev–Trinajstić information content (AvgIpc) is 2.13. The normalized spacial score (nSPS) is 23.3. The molecule has 0 fully saturated rings. The summed E-state index contributed by atoms with van der Waals surface area (Å²) < 4.78 is 4.70. The average molecular weight is 158 g/mol. The summed E-state index contributed by atoms with van der Waals surface area (Å²) in [5.74, 6) is -0.364. The van der Waals surface area contributed by atoms with Gasteiger partial charge >= 0.3 is 5.97 Å². The highest BCUT2D eigenvalue weighted by atomic mass is 32.2. The zero-order valence-electron chi connectivity index (χ0n) is 5.37. The predicted molar refractivity (Wildman–Crippen MR) is 37.3 cm³/mol. The Bertz CT molecular complexity index is 197. The third-order valence-corrected chi connectivity index (χ3v) is 1.76. The molecule has 0 aromatic rings. The van der Waals surface area contributed by atoms with Gasteiger partial charge in [0.2, 0.25) is 5.12 Å². The Kier molecular flexibility index (Phi) is 2.11. The summed E-state index contributed by atoms with van der Waals surface area (Å²) in [4.78, 5) is 20.8. The molecule has 1 atom stereocenters. The lowest BCUT2D eigenvalue weighted by Crippen LogP contribution is -2.07. The molecule has 1 aliphatic heterocycles. The van der Waals surface area contributed by atoms with E-state index < -0.39 is 5.44 Å². The number of esters is 1. The highest BCUT2D eigenvalue weighted by Crippen LogP contribution is 2.21. The van der Waals surface area contributed by atoms with Gasteiger partial charge in [-0.25, -0.2) is 0 Å². The molecule has 0 aromatic carbocycles. The molecule has 0 N–H and O–H groups in total. The quantitative estimate of drug-likeness (QED) is 0.527. The number of hydrogen-bond donors (Lipinski definition) is 0. The Labute approximate surface area is 62.4 Å². The van der Waals surface area contributed by atoms with E-state index in [0.29, 0.717) is 0 Å². The zero-order valence-corrected chi connectivity index (χ0v) is 6.18. The lowest BCUT2D eigenvalue weighted by molar-refractivity contribution is -0.140. The van der Waals surface area contributed by atoms with E-state index in [1.54, 1.807) is 6.08 Å². The van der Waals surface area contributed by atoms with Crippen LogP contribution in [-0.2, 0) is 14.3 Å². The second-order valence-electron chi connectivity index (χ2n) is 1.77. The largest absolute Gasteiger partial charge is 0.447 e. The van der Waals surface area contributed by atoms with Crippen LogP contribution in [0.4, 0.5) is 0 Å². The van der Waals surface area contributed by atoms with Crippen LogP contribution in [0.25, 0.3) is 0 Å². The summed E-state index contributed by atoms with van der Waals surface area (Å²) in [7, 11) is 0. The molecule has 0 bridgehead atoms. The van der Waals surface area contributed by atoms with E-state index >= 15 is 0 Å². The van der Waals surface area contributed by atoms with Crippen molar-refractivity contribution < 1.29 is 14.3 Å². The van der Waals surface area contributed by atoms with Gasteiger partial charge in [-0.15, -0.1) is 0 Å². The first-order chi connectivity index (χ1) is 4.68. The van der Waals surface area contributed by atoms with Crippen molar-refractivity contribution in [1.82, 2.24) is 0 Å². The first kappa shape index (κ1) is 7.34. The minimum absolute atomic E-state index is 0.0637. The smallest absolute Gasteiger partial charge is 0.304 e. The highest BCUT2D eigenvalue weighted by molar-refractivity contribution is 8.14. The van der Waals surface area contributed by atoms with E-state index in [9.17, 15) is 9.59 Å². The van der Waals surface area contributed by atoms with Crippen LogP contribution >= 0.6 is 11.8 Å². The van der Waals surface area contributed by atoms with Gasteiger partial charge in [0, 0.05) is 6.92 Å². The molecular formula is C6H6O3S. The molecule has 0 aromatic heterocycles. The van der Waals surface area contributed by atoms with Crippen molar-refractivity contribution in [1.29, 1.82) is 0 Å². The fraction of sp³-hybridized carbons (Fsp3) is 0.333. The highest BCUT2D eigenvalue weighted by Gasteiger charge is 2.18. The van der Waals surface area contributed by atoms with Crippen LogP contribution in [0, 0.1) is 0 Å². The van der Waals surface area contributed by atoms with Gasteiger partial charge in [0.15, 0.2) is 5.44 Å². The molecule has 3 nitrogen and oxygen atoms in total. The Morgan fingerprint density at radius 3 is 2.90 bits per heavy atom. The van der Waals surface area contributed by atoms with Crippen LogP contribution in [0.3, 0.4) is 0 Å². The van der Waals surface area contributed by atoms with Crippen molar-refractivity contribution in [2.45, 2.75) is 12.4 Å². The molecule has 4 heteroatoms. The standard InChI is InChI=1S/C6H6O3S/c1-4(7)9-6-3-2-5(8)10-6/h2-3,6H,1H3. The molecular weight excluding hydrogens is 152 g/mol. The van der Waals surface area contributed by atoms with Gasteiger partial charge in [0.05, 0.1) is 0 Å². The maximum absolute atomic E-state index is 10.5. The van der Waals surface area contributed by atoms with Crippen molar-refractivity contribution >= 4 is 22.8 Å². The summed E-state index contributed by atoms with van der Waals surface area (Å²) in [6, 6.07) is 0. The fourth-order valence-corrected chi connectivity index (χ4v) is 1.30. The molecule has 1 aliphatic rings. The Morgan fingerprint density at radius 2 is 2.50 bits per heavy atom. The first-order valence-electron chi connectivity index (χ1n) is 2.74. The number of rotatable bonds is 1. The molecule has 1 unspecified atom stereocenters. The van der Waals surface area contributed by atoms with Gasteiger partial charge in [-0.2, -0.15) is 0 Å². The summed E-state index contributed by atoms with van der Waals surface area (Å²) in [5.41, 5.74) is -0.398. The molecule has 0 saturated carbocycles. The van der Waals surface area contributed by atoms with Crippen LogP contribution in [0.2, 0.25) is 0 Å². The number of hydrogen-bond acceptors (Lipinski definition) is 4. The summed E-state index contributed by atoms with van der Waals surface area (Å²) >= 11 is 1.00. The molecule has 0 spiro atoms. The second kappa shape index (κ2) is 2.88. The molecule has 0 saturated heterocycles. The number of ether oxygens (including phenoxy) is 1. The maximum atomic E-state index is 10.5. The third-order valence-electron chi connectivity index (χ3n) is 0.904. The van der Waals surface area contributed by atoms with E-state index in [1.807, 2.05) is 0 Å².